The van der Waals surface area contributed by atoms with Crippen molar-refractivity contribution in [3.8, 4) is 0 Å². The highest BCUT2D eigenvalue weighted by atomic mass is 19.1. The third-order valence-corrected chi connectivity index (χ3v) is 4.58. The summed E-state index contributed by atoms with van der Waals surface area (Å²) < 4.78 is 13.3. The minimum absolute atomic E-state index is 0.113. The summed E-state index contributed by atoms with van der Waals surface area (Å²) in [6.07, 6.45) is 3.24. The van der Waals surface area contributed by atoms with Crippen molar-refractivity contribution in [3.63, 3.8) is 0 Å². The van der Waals surface area contributed by atoms with Gasteiger partial charge in [-0.15, -0.1) is 0 Å². The van der Waals surface area contributed by atoms with E-state index in [0.717, 1.165) is 24.8 Å². The number of hydrogen-bond donors (Lipinski definition) is 0. The molecule has 1 amide bonds. The molecule has 0 spiro atoms. The van der Waals surface area contributed by atoms with E-state index in [-0.39, 0.29) is 17.8 Å². The summed E-state index contributed by atoms with van der Waals surface area (Å²) in [6, 6.07) is 7.18. The molecule has 1 saturated carbocycles. The van der Waals surface area contributed by atoms with Crippen molar-refractivity contribution < 1.29 is 9.18 Å². The SMILES string of the molecule is CC(=O)N(C)[C@@H](C)[C@H]1CC[C@@H](c2cccc(F)c2)C1. The van der Waals surface area contributed by atoms with E-state index < -0.39 is 0 Å². The molecule has 0 radical (unpaired) electrons. The van der Waals surface area contributed by atoms with Gasteiger partial charge in [-0.2, -0.15) is 0 Å². The van der Waals surface area contributed by atoms with Gasteiger partial charge in [-0.3, -0.25) is 4.79 Å². The number of hydrogen-bond acceptors (Lipinski definition) is 1. The van der Waals surface area contributed by atoms with Crippen LogP contribution in [0, 0.1) is 11.7 Å². The normalized spacial score (nSPS) is 24.2. The second-order valence-corrected chi connectivity index (χ2v) is 5.70. The zero-order chi connectivity index (χ0) is 14.0. The minimum atomic E-state index is -0.158. The molecule has 0 bridgehead atoms. The molecule has 1 aromatic carbocycles. The molecule has 0 saturated heterocycles. The van der Waals surface area contributed by atoms with Crippen LogP contribution in [-0.4, -0.2) is 23.9 Å². The first kappa shape index (κ1) is 14.0. The van der Waals surface area contributed by atoms with Crippen molar-refractivity contribution in [2.45, 2.75) is 45.1 Å². The van der Waals surface area contributed by atoms with E-state index >= 15 is 0 Å². The lowest BCUT2D eigenvalue weighted by Gasteiger charge is -2.29. The Balaban J connectivity index is 2.02. The largest absolute Gasteiger partial charge is 0.343 e. The van der Waals surface area contributed by atoms with E-state index in [1.807, 2.05) is 18.0 Å². The Labute approximate surface area is 114 Å². The summed E-state index contributed by atoms with van der Waals surface area (Å²) in [6.45, 7) is 3.72. The van der Waals surface area contributed by atoms with Crippen molar-refractivity contribution in [1.29, 1.82) is 0 Å². The molecule has 0 aromatic heterocycles. The van der Waals surface area contributed by atoms with Crippen LogP contribution in [0.15, 0.2) is 24.3 Å². The molecule has 1 aromatic rings. The average molecular weight is 263 g/mol. The maximum atomic E-state index is 13.3. The van der Waals surface area contributed by atoms with Crippen LogP contribution < -0.4 is 0 Å². The van der Waals surface area contributed by atoms with Gasteiger partial charge >= 0.3 is 0 Å². The number of amides is 1. The molecule has 0 heterocycles. The first-order chi connectivity index (χ1) is 8.99. The Morgan fingerprint density at radius 1 is 1.42 bits per heavy atom. The summed E-state index contributed by atoms with van der Waals surface area (Å²) in [7, 11) is 1.86. The molecule has 104 valence electrons. The van der Waals surface area contributed by atoms with Gasteiger partial charge in [0.05, 0.1) is 0 Å². The first-order valence-corrected chi connectivity index (χ1v) is 6.98. The molecule has 0 unspecified atom stereocenters. The van der Waals surface area contributed by atoms with E-state index in [1.54, 1.807) is 19.1 Å². The lowest BCUT2D eigenvalue weighted by Crippen LogP contribution is -2.37. The lowest BCUT2D eigenvalue weighted by molar-refractivity contribution is -0.130. The Morgan fingerprint density at radius 3 is 2.79 bits per heavy atom. The smallest absolute Gasteiger partial charge is 0.219 e. The Hall–Kier alpha value is -1.38. The van der Waals surface area contributed by atoms with Crippen molar-refractivity contribution >= 4 is 5.91 Å². The van der Waals surface area contributed by atoms with Crippen LogP contribution in [0.25, 0.3) is 0 Å². The fraction of sp³-hybridized carbons (Fsp3) is 0.562. The number of rotatable bonds is 3. The van der Waals surface area contributed by atoms with E-state index in [0.29, 0.717) is 11.8 Å². The zero-order valence-corrected chi connectivity index (χ0v) is 11.9. The maximum Gasteiger partial charge on any atom is 0.219 e. The molecule has 2 nitrogen and oxygen atoms in total. The average Bonchev–Trinajstić information content (AvgIpc) is 2.86. The van der Waals surface area contributed by atoms with Crippen LogP contribution in [0.4, 0.5) is 4.39 Å². The standard InChI is InChI=1S/C16H22FNO/c1-11(18(3)12(2)19)13-7-8-15(9-13)14-5-4-6-16(17)10-14/h4-6,10-11,13,15H,7-9H2,1-3H3/t11-,13-,15+/m0/s1. The molecule has 1 aliphatic rings. The van der Waals surface area contributed by atoms with Crippen LogP contribution in [-0.2, 0) is 4.79 Å². The molecule has 0 aliphatic heterocycles. The Bertz CT molecular complexity index is 460. The fourth-order valence-electron chi connectivity index (χ4n) is 3.12. The first-order valence-electron chi connectivity index (χ1n) is 6.98. The summed E-state index contributed by atoms with van der Waals surface area (Å²) in [5.74, 6) is 0.905. The second-order valence-electron chi connectivity index (χ2n) is 5.70. The topological polar surface area (TPSA) is 20.3 Å². The predicted molar refractivity (Wildman–Crippen MR) is 74.4 cm³/mol. The van der Waals surface area contributed by atoms with Crippen LogP contribution >= 0.6 is 0 Å². The monoisotopic (exact) mass is 263 g/mol. The second kappa shape index (κ2) is 5.72. The molecule has 3 atom stereocenters. The summed E-state index contributed by atoms with van der Waals surface area (Å²) in [5.41, 5.74) is 1.10. The number of nitrogens with zero attached hydrogens (tertiary/aromatic N) is 1. The molecule has 1 fully saturated rings. The van der Waals surface area contributed by atoms with Gasteiger partial charge in [-0.1, -0.05) is 12.1 Å². The van der Waals surface area contributed by atoms with Crippen molar-refractivity contribution in [2.75, 3.05) is 7.05 Å². The summed E-state index contributed by atoms with van der Waals surface area (Å²) in [5, 5.41) is 0. The molecule has 19 heavy (non-hydrogen) atoms. The van der Waals surface area contributed by atoms with Gasteiger partial charge in [-0.05, 0) is 55.7 Å². The van der Waals surface area contributed by atoms with Gasteiger partial charge in [0.25, 0.3) is 0 Å². The summed E-state index contributed by atoms with van der Waals surface area (Å²) in [4.78, 5) is 13.2. The molecule has 0 N–H and O–H groups in total. The minimum Gasteiger partial charge on any atom is -0.343 e. The van der Waals surface area contributed by atoms with Gasteiger partial charge in [0.15, 0.2) is 0 Å². The van der Waals surface area contributed by atoms with Gasteiger partial charge in [0.1, 0.15) is 5.82 Å². The van der Waals surface area contributed by atoms with Crippen LogP contribution in [0.1, 0.15) is 44.6 Å². The lowest BCUT2D eigenvalue weighted by atomic mass is 9.93. The van der Waals surface area contributed by atoms with Crippen LogP contribution in [0.5, 0.6) is 0 Å². The molecule has 2 rings (SSSR count). The molecular formula is C16H22FNO. The van der Waals surface area contributed by atoms with Gasteiger partial charge in [0.2, 0.25) is 5.91 Å². The highest BCUT2D eigenvalue weighted by Crippen LogP contribution is 2.40. The Kier molecular flexibility index (Phi) is 4.23. The predicted octanol–water partition coefficient (Wildman–Crippen LogP) is 3.58. The highest BCUT2D eigenvalue weighted by molar-refractivity contribution is 5.73. The fourth-order valence-corrected chi connectivity index (χ4v) is 3.12. The van der Waals surface area contributed by atoms with Crippen LogP contribution in [0.3, 0.4) is 0 Å². The van der Waals surface area contributed by atoms with E-state index in [4.69, 9.17) is 0 Å². The van der Waals surface area contributed by atoms with Crippen molar-refractivity contribution in [2.24, 2.45) is 5.92 Å². The molecule has 1 aliphatic carbocycles. The van der Waals surface area contributed by atoms with Gasteiger partial charge in [0, 0.05) is 20.0 Å². The third kappa shape index (κ3) is 3.14. The maximum absolute atomic E-state index is 13.3. The van der Waals surface area contributed by atoms with E-state index in [9.17, 15) is 9.18 Å². The van der Waals surface area contributed by atoms with Crippen LogP contribution in [0.2, 0.25) is 0 Å². The third-order valence-electron chi connectivity index (χ3n) is 4.58. The van der Waals surface area contributed by atoms with E-state index in [2.05, 4.69) is 6.92 Å². The quantitative estimate of drug-likeness (QED) is 0.816. The Morgan fingerprint density at radius 2 is 2.16 bits per heavy atom. The number of benzene rings is 1. The zero-order valence-electron chi connectivity index (χ0n) is 11.9. The number of carbonyl (C=O) groups excluding carboxylic acids is 1. The number of carbonyl (C=O) groups is 1. The van der Waals surface area contributed by atoms with Crippen molar-refractivity contribution in [1.82, 2.24) is 4.90 Å². The highest BCUT2D eigenvalue weighted by Gasteiger charge is 2.32. The molecule has 3 heteroatoms. The summed E-state index contributed by atoms with van der Waals surface area (Å²) >= 11 is 0. The van der Waals surface area contributed by atoms with Gasteiger partial charge in [-0.25, -0.2) is 4.39 Å². The van der Waals surface area contributed by atoms with E-state index in [1.165, 1.54) is 6.07 Å². The van der Waals surface area contributed by atoms with Crippen molar-refractivity contribution in [3.05, 3.63) is 35.6 Å². The number of halogens is 1. The van der Waals surface area contributed by atoms with Gasteiger partial charge < -0.3 is 4.90 Å². The molecular weight excluding hydrogens is 241 g/mol.